The third-order valence-electron chi connectivity index (χ3n) is 4.76. The van der Waals surface area contributed by atoms with E-state index in [2.05, 4.69) is 4.98 Å². The van der Waals surface area contributed by atoms with Gasteiger partial charge in [-0.3, -0.25) is 9.20 Å². The van der Waals surface area contributed by atoms with Gasteiger partial charge in [0.1, 0.15) is 13.2 Å². The molecule has 1 aromatic carbocycles. The number of imidazole rings is 1. The quantitative estimate of drug-likeness (QED) is 0.416. The Morgan fingerprint density at radius 3 is 2.90 bits per heavy atom. The molecule has 0 saturated heterocycles. The summed E-state index contributed by atoms with van der Waals surface area (Å²) in [6.07, 6.45) is 3.77. The Bertz CT molecular complexity index is 1170. The number of ether oxygens (including phenoxy) is 2. The van der Waals surface area contributed by atoms with Crippen molar-refractivity contribution in [1.82, 2.24) is 9.38 Å². The topological polar surface area (TPSA) is 56.1 Å². The highest BCUT2D eigenvalue weighted by molar-refractivity contribution is 7.99. The molecule has 0 fully saturated rings. The van der Waals surface area contributed by atoms with Gasteiger partial charge in [0.2, 0.25) is 5.91 Å². The number of rotatable bonds is 6. The lowest BCUT2D eigenvalue weighted by molar-refractivity contribution is -0.116. The number of carbonyl (C=O) groups is 1. The molecule has 1 aliphatic rings. The van der Waals surface area contributed by atoms with Crippen LogP contribution >= 0.6 is 23.1 Å². The Hall–Kier alpha value is -2.97. The minimum atomic E-state index is 0.0118. The van der Waals surface area contributed by atoms with Gasteiger partial charge in [-0.1, -0.05) is 23.9 Å². The van der Waals surface area contributed by atoms with E-state index in [9.17, 15) is 4.79 Å². The highest BCUT2D eigenvalue weighted by Crippen LogP contribution is 2.35. The van der Waals surface area contributed by atoms with Crippen molar-refractivity contribution in [2.45, 2.75) is 11.7 Å². The molecule has 4 aromatic rings. The van der Waals surface area contributed by atoms with Crippen LogP contribution in [-0.4, -0.2) is 34.3 Å². The average Bonchev–Trinajstić information content (AvgIpc) is 3.45. The zero-order valence-corrected chi connectivity index (χ0v) is 17.7. The number of thiophene rings is 1. The largest absolute Gasteiger partial charge is 0.486 e. The first-order valence-electron chi connectivity index (χ1n) is 9.55. The molecule has 0 N–H and O–H groups in total. The molecule has 0 spiro atoms. The second-order valence-corrected chi connectivity index (χ2v) is 8.69. The van der Waals surface area contributed by atoms with Crippen molar-refractivity contribution >= 4 is 40.2 Å². The summed E-state index contributed by atoms with van der Waals surface area (Å²) in [6.45, 7) is 1.57. The first-order valence-corrected chi connectivity index (χ1v) is 11.4. The zero-order chi connectivity index (χ0) is 20.3. The number of aromatic nitrogens is 2. The van der Waals surface area contributed by atoms with Crippen LogP contribution in [0.4, 0.5) is 5.69 Å². The van der Waals surface area contributed by atoms with Crippen LogP contribution in [-0.2, 0) is 11.3 Å². The zero-order valence-electron chi connectivity index (χ0n) is 16.1. The molecule has 0 saturated carbocycles. The van der Waals surface area contributed by atoms with Gasteiger partial charge < -0.3 is 14.4 Å². The molecule has 1 aliphatic heterocycles. The number of hydrogen-bond acceptors (Lipinski definition) is 6. The molecule has 1 amide bonds. The van der Waals surface area contributed by atoms with E-state index in [4.69, 9.17) is 9.47 Å². The van der Waals surface area contributed by atoms with Crippen LogP contribution in [0.5, 0.6) is 11.5 Å². The van der Waals surface area contributed by atoms with Crippen molar-refractivity contribution in [3.63, 3.8) is 0 Å². The lowest BCUT2D eigenvalue weighted by Crippen LogP contribution is -2.32. The molecule has 30 heavy (non-hydrogen) atoms. The second-order valence-electron chi connectivity index (χ2n) is 6.71. The van der Waals surface area contributed by atoms with E-state index in [1.165, 1.54) is 11.8 Å². The molecule has 0 aliphatic carbocycles. The lowest BCUT2D eigenvalue weighted by atomic mass is 10.2. The number of thioether (sulfide) groups is 1. The molecule has 8 heteroatoms. The lowest BCUT2D eigenvalue weighted by Gasteiger charge is -2.25. The van der Waals surface area contributed by atoms with Crippen molar-refractivity contribution in [1.29, 1.82) is 0 Å². The van der Waals surface area contributed by atoms with Gasteiger partial charge in [-0.15, -0.1) is 11.3 Å². The predicted octanol–water partition coefficient (Wildman–Crippen LogP) is 4.49. The van der Waals surface area contributed by atoms with E-state index in [0.29, 0.717) is 31.3 Å². The third kappa shape index (κ3) is 3.88. The number of hydrogen-bond donors (Lipinski definition) is 0. The van der Waals surface area contributed by atoms with Gasteiger partial charge >= 0.3 is 0 Å². The van der Waals surface area contributed by atoms with E-state index < -0.39 is 0 Å². The maximum absolute atomic E-state index is 13.3. The Morgan fingerprint density at radius 1 is 1.13 bits per heavy atom. The van der Waals surface area contributed by atoms with Crippen molar-refractivity contribution in [3.05, 3.63) is 71.2 Å². The fourth-order valence-electron chi connectivity index (χ4n) is 3.31. The maximum Gasteiger partial charge on any atom is 0.237 e. The molecule has 152 valence electrons. The van der Waals surface area contributed by atoms with Crippen LogP contribution in [0.2, 0.25) is 0 Å². The molecule has 3 aromatic heterocycles. The summed E-state index contributed by atoms with van der Waals surface area (Å²) in [4.78, 5) is 20.6. The fourth-order valence-corrected chi connectivity index (χ4v) is 4.85. The van der Waals surface area contributed by atoms with Crippen LogP contribution in [0.15, 0.2) is 71.5 Å². The summed E-state index contributed by atoms with van der Waals surface area (Å²) >= 11 is 3.07. The van der Waals surface area contributed by atoms with Crippen molar-refractivity contribution in [2.75, 3.05) is 23.9 Å². The highest BCUT2D eigenvalue weighted by Gasteiger charge is 2.21. The van der Waals surface area contributed by atoms with E-state index in [-0.39, 0.29) is 11.7 Å². The molecular formula is C22H19N3O3S2. The molecule has 0 radical (unpaired) electrons. The summed E-state index contributed by atoms with van der Waals surface area (Å²) in [5.74, 6) is 1.69. The summed E-state index contributed by atoms with van der Waals surface area (Å²) in [7, 11) is 0. The highest BCUT2D eigenvalue weighted by atomic mass is 32.2. The van der Waals surface area contributed by atoms with Gasteiger partial charge in [-0.25, -0.2) is 4.98 Å². The van der Waals surface area contributed by atoms with Gasteiger partial charge in [0, 0.05) is 22.8 Å². The first-order chi connectivity index (χ1) is 14.8. The molecular weight excluding hydrogens is 418 g/mol. The Morgan fingerprint density at radius 2 is 2.03 bits per heavy atom. The number of benzene rings is 1. The Labute approximate surface area is 182 Å². The van der Waals surface area contributed by atoms with Gasteiger partial charge in [0.25, 0.3) is 0 Å². The minimum absolute atomic E-state index is 0.0118. The number of carbonyl (C=O) groups excluding carboxylic acids is 1. The number of fused-ring (bicyclic) bond motifs is 2. The first kappa shape index (κ1) is 19.0. The number of nitrogens with zero attached hydrogens (tertiary/aromatic N) is 3. The molecule has 0 bridgehead atoms. The van der Waals surface area contributed by atoms with Crippen molar-refractivity contribution in [3.8, 4) is 11.5 Å². The van der Waals surface area contributed by atoms with Crippen molar-refractivity contribution < 1.29 is 14.3 Å². The summed E-state index contributed by atoms with van der Waals surface area (Å²) in [5, 5.41) is 2.82. The van der Waals surface area contributed by atoms with Crippen molar-refractivity contribution in [2.24, 2.45) is 0 Å². The second kappa shape index (κ2) is 8.41. The smallest absolute Gasteiger partial charge is 0.237 e. The predicted molar refractivity (Wildman–Crippen MR) is 119 cm³/mol. The van der Waals surface area contributed by atoms with E-state index in [0.717, 1.165) is 21.2 Å². The van der Waals surface area contributed by atoms with E-state index in [1.54, 1.807) is 16.2 Å². The number of pyridine rings is 1. The average molecular weight is 438 g/mol. The van der Waals surface area contributed by atoms with Gasteiger partial charge in [0.05, 0.1) is 24.0 Å². The summed E-state index contributed by atoms with van der Waals surface area (Å²) in [6, 6.07) is 15.6. The fraction of sp³-hybridized carbons (Fsp3) is 0.182. The standard InChI is InChI=1S/C22H19N3O3S2/c26-21(15-30-22-23-13-17-4-1-2-8-24(17)22)25(14-18-5-3-11-29-18)16-6-7-19-20(12-16)28-10-9-27-19/h1-8,11-13H,9-10,14-15H2. The minimum Gasteiger partial charge on any atom is -0.486 e. The Kier molecular flexibility index (Phi) is 5.33. The van der Waals surface area contributed by atoms with Gasteiger partial charge in [-0.05, 0) is 35.7 Å². The third-order valence-corrected chi connectivity index (χ3v) is 6.57. The van der Waals surface area contributed by atoms with Gasteiger partial charge in [-0.2, -0.15) is 0 Å². The van der Waals surface area contributed by atoms with E-state index >= 15 is 0 Å². The normalized spacial score (nSPS) is 12.8. The molecule has 0 atom stereocenters. The molecule has 6 nitrogen and oxygen atoms in total. The number of anilines is 1. The Balaban J connectivity index is 1.39. The van der Waals surface area contributed by atoms with Crippen LogP contribution in [0.25, 0.3) is 5.52 Å². The van der Waals surface area contributed by atoms with Gasteiger partial charge in [0.15, 0.2) is 16.7 Å². The van der Waals surface area contributed by atoms with E-state index in [1.807, 2.05) is 70.7 Å². The van der Waals surface area contributed by atoms with Crippen LogP contribution < -0.4 is 14.4 Å². The monoisotopic (exact) mass is 437 g/mol. The van der Waals surface area contributed by atoms with Crippen LogP contribution in [0.3, 0.4) is 0 Å². The summed E-state index contributed by atoms with van der Waals surface area (Å²) in [5.41, 5.74) is 1.81. The molecule has 5 rings (SSSR count). The van der Waals surface area contributed by atoms with Crippen LogP contribution in [0, 0.1) is 0 Å². The molecule has 4 heterocycles. The SMILES string of the molecule is O=C(CSc1ncc2ccccn12)N(Cc1cccs1)c1ccc2c(c1)OCCO2. The van der Waals surface area contributed by atoms with Crippen LogP contribution in [0.1, 0.15) is 4.88 Å². The summed E-state index contributed by atoms with van der Waals surface area (Å²) < 4.78 is 13.3. The maximum atomic E-state index is 13.3. The number of amides is 1. The molecule has 0 unspecified atom stereocenters.